The van der Waals surface area contributed by atoms with Gasteiger partial charge in [0.05, 0.1) is 5.69 Å². The number of benzene rings is 1. The Labute approximate surface area is 115 Å². The van der Waals surface area contributed by atoms with Crippen molar-refractivity contribution in [3.05, 3.63) is 52.8 Å². The number of likely N-dealkylation sites (N-methyl/N-ethyl adjacent to an activating group) is 1. The molecule has 2 aromatic rings. The Balaban J connectivity index is 2.29. The van der Waals surface area contributed by atoms with E-state index in [1.165, 1.54) is 16.7 Å². The van der Waals surface area contributed by atoms with Crippen molar-refractivity contribution in [2.75, 3.05) is 6.54 Å². The van der Waals surface area contributed by atoms with E-state index < -0.39 is 0 Å². The van der Waals surface area contributed by atoms with E-state index >= 15 is 0 Å². The summed E-state index contributed by atoms with van der Waals surface area (Å²) in [5, 5.41) is 8.08. The molecule has 0 aliphatic rings. The first-order chi connectivity index (χ1) is 9.11. The first-order valence-electron chi connectivity index (χ1n) is 6.89. The van der Waals surface area contributed by atoms with Gasteiger partial charge in [-0.3, -0.25) is 4.68 Å². The Morgan fingerprint density at radius 1 is 1.21 bits per heavy atom. The van der Waals surface area contributed by atoms with E-state index in [-0.39, 0.29) is 0 Å². The Hall–Kier alpha value is -1.61. The van der Waals surface area contributed by atoms with Gasteiger partial charge in [0, 0.05) is 25.7 Å². The van der Waals surface area contributed by atoms with Gasteiger partial charge in [0.25, 0.3) is 0 Å². The summed E-state index contributed by atoms with van der Waals surface area (Å²) in [6.07, 6.45) is 2.93. The van der Waals surface area contributed by atoms with Crippen LogP contribution >= 0.6 is 0 Å². The Bertz CT molecular complexity index is 522. The minimum atomic E-state index is 0.334. The summed E-state index contributed by atoms with van der Waals surface area (Å²) in [5.41, 5.74) is 5.25. The molecule has 1 N–H and O–H groups in total. The molecule has 19 heavy (non-hydrogen) atoms. The molecular formula is C16H23N3. The molecule has 0 fully saturated rings. The lowest BCUT2D eigenvalue weighted by molar-refractivity contribution is 0.535. The van der Waals surface area contributed by atoms with Gasteiger partial charge in [0.1, 0.15) is 0 Å². The van der Waals surface area contributed by atoms with E-state index in [4.69, 9.17) is 0 Å². The molecule has 0 aliphatic heterocycles. The summed E-state index contributed by atoms with van der Waals surface area (Å²) in [6.45, 7) is 7.49. The van der Waals surface area contributed by atoms with Crippen LogP contribution in [0.15, 0.2) is 30.5 Å². The van der Waals surface area contributed by atoms with Gasteiger partial charge in [-0.1, -0.05) is 25.1 Å². The molecule has 1 unspecified atom stereocenters. The molecule has 0 spiro atoms. The van der Waals surface area contributed by atoms with Crippen molar-refractivity contribution < 1.29 is 0 Å². The Kier molecular flexibility index (Phi) is 4.38. The highest BCUT2D eigenvalue weighted by Crippen LogP contribution is 2.24. The van der Waals surface area contributed by atoms with Crippen LogP contribution in [-0.2, 0) is 13.5 Å². The second-order valence-corrected chi connectivity index (χ2v) is 5.10. The highest BCUT2D eigenvalue weighted by molar-refractivity contribution is 5.36. The van der Waals surface area contributed by atoms with Crippen LogP contribution in [0.3, 0.4) is 0 Å². The number of nitrogens with one attached hydrogen (secondary N) is 1. The number of hydrogen-bond donors (Lipinski definition) is 1. The van der Waals surface area contributed by atoms with E-state index in [1.54, 1.807) is 0 Å². The highest BCUT2D eigenvalue weighted by Gasteiger charge is 2.16. The predicted molar refractivity (Wildman–Crippen MR) is 79.2 cm³/mol. The fourth-order valence-electron chi connectivity index (χ4n) is 2.68. The van der Waals surface area contributed by atoms with Gasteiger partial charge in [0.2, 0.25) is 0 Å². The van der Waals surface area contributed by atoms with Gasteiger partial charge >= 0.3 is 0 Å². The lowest BCUT2D eigenvalue weighted by atomic mass is 9.93. The molecular weight excluding hydrogens is 234 g/mol. The van der Waals surface area contributed by atoms with Gasteiger partial charge in [-0.25, -0.2) is 0 Å². The van der Waals surface area contributed by atoms with E-state index in [1.807, 2.05) is 17.9 Å². The minimum Gasteiger partial charge on any atom is -0.310 e. The van der Waals surface area contributed by atoms with E-state index in [0.717, 1.165) is 18.7 Å². The van der Waals surface area contributed by atoms with Gasteiger partial charge in [0.15, 0.2) is 0 Å². The van der Waals surface area contributed by atoms with Crippen molar-refractivity contribution in [3.8, 4) is 0 Å². The van der Waals surface area contributed by atoms with Gasteiger partial charge in [-0.05, 0) is 43.1 Å². The average Bonchev–Trinajstić information content (AvgIpc) is 2.75. The molecule has 0 aliphatic carbocycles. The SMILES string of the molecule is CCNC(Cc1ccn(C)n1)c1c(C)cccc1C. The van der Waals surface area contributed by atoms with Crippen molar-refractivity contribution in [1.82, 2.24) is 15.1 Å². The zero-order valence-corrected chi connectivity index (χ0v) is 12.3. The molecule has 0 saturated carbocycles. The van der Waals surface area contributed by atoms with Crippen molar-refractivity contribution in [2.24, 2.45) is 7.05 Å². The number of nitrogens with zero attached hydrogens (tertiary/aromatic N) is 2. The zero-order valence-electron chi connectivity index (χ0n) is 12.3. The molecule has 1 aromatic heterocycles. The average molecular weight is 257 g/mol. The molecule has 0 saturated heterocycles. The highest BCUT2D eigenvalue weighted by atomic mass is 15.2. The van der Waals surface area contributed by atoms with Gasteiger partial charge in [-0.2, -0.15) is 5.10 Å². The monoisotopic (exact) mass is 257 g/mol. The van der Waals surface area contributed by atoms with Crippen molar-refractivity contribution in [3.63, 3.8) is 0 Å². The summed E-state index contributed by atoms with van der Waals surface area (Å²) in [4.78, 5) is 0. The number of aromatic nitrogens is 2. The largest absolute Gasteiger partial charge is 0.310 e. The summed E-state index contributed by atoms with van der Waals surface area (Å²) in [6, 6.07) is 8.92. The predicted octanol–water partition coefficient (Wildman–Crippen LogP) is 2.93. The summed E-state index contributed by atoms with van der Waals surface area (Å²) >= 11 is 0. The topological polar surface area (TPSA) is 29.9 Å². The third-order valence-corrected chi connectivity index (χ3v) is 3.52. The fraction of sp³-hybridized carbons (Fsp3) is 0.438. The normalized spacial score (nSPS) is 12.6. The maximum atomic E-state index is 4.49. The quantitative estimate of drug-likeness (QED) is 0.892. The van der Waals surface area contributed by atoms with E-state index in [2.05, 4.69) is 55.5 Å². The molecule has 0 radical (unpaired) electrons. The minimum absolute atomic E-state index is 0.334. The molecule has 0 bridgehead atoms. The zero-order chi connectivity index (χ0) is 13.8. The van der Waals surface area contributed by atoms with Gasteiger partial charge < -0.3 is 5.32 Å². The molecule has 0 amide bonds. The maximum absolute atomic E-state index is 4.49. The number of rotatable bonds is 5. The lowest BCUT2D eigenvalue weighted by Crippen LogP contribution is -2.24. The first kappa shape index (κ1) is 13.8. The van der Waals surface area contributed by atoms with Crippen LogP contribution in [0.5, 0.6) is 0 Å². The third-order valence-electron chi connectivity index (χ3n) is 3.52. The fourth-order valence-corrected chi connectivity index (χ4v) is 2.68. The lowest BCUT2D eigenvalue weighted by Gasteiger charge is -2.21. The maximum Gasteiger partial charge on any atom is 0.0643 e. The summed E-state index contributed by atoms with van der Waals surface area (Å²) < 4.78 is 1.86. The molecule has 3 heteroatoms. The van der Waals surface area contributed by atoms with Crippen molar-refractivity contribution >= 4 is 0 Å². The molecule has 1 heterocycles. The Morgan fingerprint density at radius 2 is 1.89 bits per heavy atom. The Morgan fingerprint density at radius 3 is 2.42 bits per heavy atom. The van der Waals surface area contributed by atoms with Crippen LogP contribution in [0.1, 0.15) is 35.3 Å². The molecule has 3 nitrogen and oxygen atoms in total. The van der Waals surface area contributed by atoms with E-state index in [9.17, 15) is 0 Å². The molecule has 102 valence electrons. The standard InChI is InChI=1S/C16H23N3/c1-5-17-15(11-14-9-10-19(4)18-14)16-12(2)7-6-8-13(16)3/h6-10,15,17H,5,11H2,1-4H3. The first-order valence-corrected chi connectivity index (χ1v) is 6.89. The van der Waals surface area contributed by atoms with Gasteiger partial charge in [-0.15, -0.1) is 0 Å². The summed E-state index contributed by atoms with van der Waals surface area (Å²) in [7, 11) is 1.96. The van der Waals surface area contributed by atoms with Crippen LogP contribution in [0.4, 0.5) is 0 Å². The van der Waals surface area contributed by atoms with Crippen molar-refractivity contribution in [2.45, 2.75) is 33.2 Å². The van der Waals surface area contributed by atoms with Crippen LogP contribution in [0.2, 0.25) is 0 Å². The summed E-state index contributed by atoms with van der Waals surface area (Å²) in [5.74, 6) is 0. The molecule has 1 atom stereocenters. The smallest absolute Gasteiger partial charge is 0.0643 e. The van der Waals surface area contributed by atoms with Crippen LogP contribution in [0, 0.1) is 13.8 Å². The van der Waals surface area contributed by atoms with E-state index in [0.29, 0.717) is 6.04 Å². The third kappa shape index (κ3) is 3.24. The second kappa shape index (κ2) is 6.02. The molecule has 1 aromatic carbocycles. The van der Waals surface area contributed by atoms with Crippen LogP contribution in [-0.4, -0.2) is 16.3 Å². The second-order valence-electron chi connectivity index (χ2n) is 5.10. The van der Waals surface area contributed by atoms with Crippen LogP contribution < -0.4 is 5.32 Å². The number of hydrogen-bond acceptors (Lipinski definition) is 2. The van der Waals surface area contributed by atoms with Crippen LogP contribution in [0.25, 0.3) is 0 Å². The number of aryl methyl sites for hydroxylation is 3. The molecule has 2 rings (SSSR count). The van der Waals surface area contributed by atoms with Crippen molar-refractivity contribution in [1.29, 1.82) is 0 Å².